The Bertz CT molecular complexity index is 977. The summed E-state index contributed by atoms with van der Waals surface area (Å²) in [4.78, 5) is 19.4. The number of rotatable bonds is 3. The van der Waals surface area contributed by atoms with Crippen molar-refractivity contribution in [2.45, 2.75) is 13.8 Å². The van der Waals surface area contributed by atoms with Crippen LogP contribution < -0.4 is 10.2 Å². The second-order valence-electron chi connectivity index (χ2n) is 6.20. The summed E-state index contributed by atoms with van der Waals surface area (Å²) < 4.78 is 1.69. The maximum atomic E-state index is 13.0. The van der Waals surface area contributed by atoms with Crippen LogP contribution in [0.1, 0.15) is 21.7 Å². The molecular weight excluding hydrogens is 338 g/mol. The molecule has 0 radical (unpaired) electrons. The van der Waals surface area contributed by atoms with Gasteiger partial charge in [-0.05, 0) is 32.0 Å². The van der Waals surface area contributed by atoms with E-state index in [1.807, 2.05) is 52.0 Å². The maximum Gasteiger partial charge on any atom is 0.256 e. The van der Waals surface area contributed by atoms with E-state index in [2.05, 4.69) is 15.4 Å². The molecule has 2 aromatic heterocycles. The van der Waals surface area contributed by atoms with Gasteiger partial charge in [0.1, 0.15) is 0 Å². The largest absolute Gasteiger partial charge is 0.375 e. The number of benzene rings is 1. The first kappa shape index (κ1) is 17.2. The molecule has 1 amide bonds. The highest BCUT2D eigenvalue weighted by atomic mass is 35.5. The van der Waals surface area contributed by atoms with Crippen molar-refractivity contribution in [1.29, 1.82) is 0 Å². The summed E-state index contributed by atoms with van der Waals surface area (Å²) in [6.07, 6.45) is 0. The molecule has 0 saturated heterocycles. The molecule has 1 N–H and O–H groups in total. The summed E-state index contributed by atoms with van der Waals surface area (Å²) in [6.45, 7) is 3.74. The Kier molecular flexibility index (Phi) is 4.39. The molecule has 7 heteroatoms. The molecule has 1 aromatic carbocycles. The number of pyridine rings is 1. The van der Waals surface area contributed by atoms with Gasteiger partial charge in [-0.1, -0.05) is 17.7 Å². The Morgan fingerprint density at radius 3 is 2.68 bits per heavy atom. The minimum absolute atomic E-state index is 0.211. The molecular formula is C18H20ClN5O. The summed E-state index contributed by atoms with van der Waals surface area (Å²) in [6, 6.07) is 7.23. The van der Waals surface area contributed by atoms with Crippen LogP contribution in [0, 0.1) is 13.8 Å². The van der Waals surface area contributed by atoms with Crippen LogP contribution in [0.3, 0.4) is 0 Å². The van der Waals surface area contributed by atoms with Gasteiger partial charge in [-0.25, -0.2) is 4.98 Å². The molecule has 130 valence electrons. The van der Waals surface area contributed by atoms with Crippen molar-refractivity contribution in [3.63, 3.8) is 0 Å². The number of carbonyl (C=O) groups excluding carboxylic acids is 1. The van der Waals surface area contributed by atoms with Gasteiger partial charge in [0.05, 0.1) is 33.0 Å². The molecule has 0 atom stereocenters. The van der Waals surface area contributed by atoms with Crippen molar-refractivity contribution >= 4 is 39.9 Å². The van der Waals surface area contributed by atoms with Crippen molar-refractivity contribution in [1.82, 2.24) is 14.8 Å². The van der Waals surface area contributed by atoms with E-state index >= 15 is 0 Å². The fourth-order valence-corrected chi connectivity index (χ4v) is 3.35. The second kappa shape index (κ2) is 6.37. The molecule has 3 aromatic rings. The minimum atomic E-state index is -0.211. The van der Waals surface area contributed by atoms with Gasteiger partial charge < -0.3 is 10.2 Å². The van der Waals surface area contributed by atoms with Gasteiger partial charge in [-0.15, -0.1) is 0 Å². The molecule has 3 rings (SSSR count). The van der Waals surface area contributed by atoms with Crippen molar-refractivity contribution in [3.05, 3.63) is 46.2 Å². The van der Waals surface area contributed by atoms with Gasteiger partial charge in [0.2, 0.25) is 0 Å². The Hall–Kier alpha value is -2.60. The first-order valence-corrected chi connectivity index (χ1v) is 8.25. The molecule has 0 bridgehead atoms. The van der Waals surface area contributed by atoms with Crippen LogP contribution in [0.5, 0.6) is 0 Å². The van der Waals surface area contributed by atoms with Crippen molar-refractivity contribution in [3.8, 4) is 0 Å². The average molecular weight is 358 g/mol. The minimum Gasteiger partial charge on any atom is -0.375 e. The van der Waals surface area contributed by atoms with Gasteiger partial charge >= 0.3 is 0 Å². The number of nitrogens with one attached hydrogen (secondary N) is 1. The number of carbonyl (C=O) groups is 1. The van der Waals surface area contributed by atoms with Crippen LogP contribution in [0.15, 0.2) is 24.3 Å². The quantitative estimate of drug-likeness (QED) is 0.778. The van der Waals surface area contributed by atoms with Crippen LogP contribution in [0.2, 0.25) is 5.02 Å². The number of aromatic nitrogens is 3. The standard InChI is InChI=1S/C18H20ClN5O/c1-10-9-12(15-11(2)22-24(5)17(15)20-10)18(25)21-14-8-6-7-13(19)16(14)23(3)4/h6-9H,1-5H3,(H,21,25). The lowest BCUT2D eigenvalue weighted by molar-refractivity contribution is 0.102. The normalized spacial score (nSPS) is 11.0. The Balaban J connectivity index is 2.09. The van der Waals surface area contributed by atoms with Crippen LogP contribution in [0.4, 0.5) is 11.4 Å². The summed E-state index contributed by atoms with van der Waals surface area (Å²) in [5.74, 6) is -0.211. The molecule has 0 saturated carbocycles. The topological polar surface area (TPSA) is 63.1 Å². The highest BCUT2D eigenvalue weighted by Gasteiger charge is 2.19. The molecule has 6 nitrogen and oxygen atoms in total. The van der Waals surface area contributed by atoms with Gasteiger partial charge in [-0.2, -0.15) is 5.10 Å². The third-order valence-corrected chi connectivity index (χ3v) is 4.33. The van der Waals surface area contributed by atoms with E-state index in [1.165, 1.54) is 0 Å². The number of hydrogen-bond acceptors (Lipinski definition) is 4. The monoisotopic (exact) mass is 357 g/mol. The smallest absolute Gasteiger partial charge is 0.256 e. The highest BCUT2D eigenvalue weighted by molar-refractivity contribution is 6.34. The molecule has 0 aliphatic heterocycles. The Morgan fingerprint density at radius 2 is 2.00 bits per heavy atom. The Morgan fingerprint density at radius 1 is 1.28 bits per heavy atom. The molecule has 0 aliphatic rings. The van der Waals surface area contributed by atoms with Crippen molar-refractivity contribution in [2.24, 2.45) is 7.05 Å². The number of para-hydroxylation sites is 1. The second-order valence-corrected chi connectivity index (χ2v) is 6.61. The van der Waals surface area contributed by atoms with Crippen LogP contribution >= 0.6 is 11.6 Å². The van der Waals surface area contributed by atoms with E-state index in [0.717, 1.165) is 22.5 Å². The number of fused-ring (bicyclic) bond motifs is 1. The predicted molar refractivity (Wildman–Crippen MR) is 102 cm³/mol. The molecule has 0 spiro atoms. The van der Waals surface area contributed by atoms with E-state index < -0.39 is 0 Å². The van der Waals surface area contributed by atoms with Gasteiger partial charge in [0.15, 0.2) is 5.65 Å². The molecule has 25 heavy (non-hydrogen) atoms. The zero-order valence-electron chi connectivity index (χ0n) is 14.9. The molecule has 2 heterocycles. The SMILES string of the molecule is Cc1cc(C(=O)Nc2cccc(Cl)c2N(C)C)c2c(C)nn(C)c2n1. The van der Waals surface area contributed by atoms with E-state index in [-0.39, 0.29) is 5.91 Å². The van der Waals surface area contributed by atoms with E-state index in [1.54, 1.807) is 16.8 Å². The summed E-state index contributed by atoms with van der Waals surface area (Å²) in [5.41, 5.74) is 4.21. The number of hydrogen-bond donors (Lipinski definition) is 1. The predicted octanol–water partition coefficient (Wildman–Crippen LogP) is 3.56. The number of aryl methyl sites for hydroxylation is 3. The van der Waals surface area contributed by atoms with Crippen LogP contribution in [0.25, 0.3) is 11.0 Å². The lowest BCUT2D eigenvalue weighted by Gasteiger charge is -2.19. The highest BCUT2D eigenvalue weighted by Crippen LogP contribution is 2.33. The summed E-state index contributed by atoms with van der Waals surface area (Å²) in [7, 11) is 5.60. The first-order chi connectivity index (χ1) is 11.8. The molecule has 0 aliphatic carbocycles. The fraction of sp³-hybridized carbons (Fsp3) is 0.278. The summed E-state index contributed by atoms with van der Waals surface area (Å²) in [5, 5.41) is 8.70. The summed E-state index contributed by atoms with van der Waals surface area (Å²) >= 11 is 6.29. The number of amides is 1. The van der Waals surface area contributed by atoms with Crippen molar-refractivity contribution < 1.29 is 4.79 Å². The zero-order chi connectivity index (χ0) is 18.3. The third-order valence-electron chi connectivity index (χ3n) is 4.02. The van der Waals surface area contributed by atoms with Gasteiger partial charge in [0.25, 0.3) is 5.91 Å². The zero-order valence-corrected chi connectivity index (χ0v) is 15.6. The Labute approximate surface area is 151 Å². The van der Waals surface area contributed by atoms with E-state index in [0.29, 0.717) is 21.9 Å². The third kappa shape index (κ3) is 3.05. The number of nitrogens with zero attached hydrogens (tertiary/aromatic N) is 4. The first-order valence-electron chi connectivity index (χ1n) is 7.87. The van der Waals surface area contributed by atoms with Crippen LogP contribution in [-0.2, 0) is 7.05 Å². The van der Waals surface area contributed by atoms with Gasteiger partial charge in [-0.3, -0.25) is 9.48 Å². The molecule has 0 fully saturated rings. The maximum absolute atomic E-state index is 13.0. The number of anilines is 2. The van der Waals surface area contributed by atoms with Crippen molar-refractivity contribution in [2.75, 3.05) is 24.3 Å². The van der Waals surface area contributed by atoms with Gasteiger partial charge in [0, 0.05) is 26.8 Å². The van der Waals surface area contributed by atoms with E-state index in [9.17, 15) is 4.79 Å². The lowest BCUT2D eigenvalue weighted by Crippen LogP contribution is -2.17. The average Bonchev–Trinajstić information content (AvgIpc) is 2.80. The van der Waals surface area contributed by atoms with Crippen LogP contribution in [-0.4, -0.2) is 34.8 Å². The fourth-order valence-electron chi connectivity index (χ4n) is 3.01. The molecule has 0 unspecified atom stereocenters. The number of halogens is 1. The van der Waals surface area contributed by atoms with E-state index in [4.69, 9.17) is 11.6 Å². The lowest BCUT2D eigenvalue weighted by atomic mass is 10.1.